The number of aromatic nitrogens is 2. The zero-order valence-electron chi connectivity index (χ0n) is 19.1. The zero-order valence-corrected chi connectivity index (χ0v) is 19.1. The summed E-state index contributed by atoms with van der Waals surface area (Å²) in [6, 6.07) is 21.3. The van der Waals surface area contributed by atoms with Gasteiger partial charge in [0.1, 0.15) is 6.54 Å². The van der Waals surface area contributed by atoms with Crippen LogP contribution in [0.15, 0.2) is 66.7 Å². The molecule has 1 saturated heterocycles. The van der Waals surface area contributed by atoms with Gasteiger partial charge >= 0.3 is 0 Å². The minimum absolute atomic E-state index is 0.0263. The molecule has 7 nitrogen and oxygen atoms in total. The van der Waals surface area contributed by atoms with E-state index >= 15 is 0 Å². The van der Waals surface area contributed by atoms with Crippen molar-refractivity contribution in [2.75, 3.05) is 44.2 Å². The molecule has 170 valence electrons. The van der Waals surface area contributed by atoms with Crippen molar-refractivity contribution in [1.82, 2.24) is 20.0 Å². The standard InChI is InChI=1S/C26H29N5O2/c1-3-29(26(33)22-7-5-4-6-8-22)19-25(32)31-17-15-30(16-18-31)24-14-13-23(27-28-24)21-11-9-20(2)10-12-21/h4-14H,3,15-19H2,1-2H3. The van der Waals surface area contributed by atoms with E-state index in [0.29, 0.717) is 38.3 Å². The highest BCUT2D eigenvalue weighted by molar-refractivity contribution is 5.96. The number of aryl methyl sites for hydroxylation is 1. The average Bonchev–Trinajstić information content (AvgIpc) is 2.88. The van der Waals surface area contributed by atoms with Crippen molar-refractivity contribution < 1.29 is 9.59 Å². The Labute approximate surface area is 194 Å². The van der Waals surface area contributed by atoms with Crippen molar-refractivity contribution in [3.63, 3.8) is 0 Å². The Bertz CT molecular complexity index is 1080. The molecule has 0 atom stereocenters. The normalized spacial score (nSPS) is 13.6. The molecule has 0 radical (unpaired) electrons. The van der Waals surface area contributed by atoms with Crippen molar-refractivity contribution >= 4 is 17.6 Å². The molecule has 33 heavy (non-hydrogen) atoms. The number of rotatable bonds is 6. The molecule has 0 unspecified atom stereocenters. The van der Waals surface area contributed by atoms with Crippen LogP contribution in [0.3, 0.4) is 0 Å². The van der Waals surface area contributed by atoms with E-state index in [1.54, 1.807) is 17.0 Å². The van der Waals surface area contributed by atoms with E-state index in [-0.39, 0.29) is 18.4 Å². The third-order valence-electron chi connectivity index (χ3n) is 5.97. The summed E-state index contributed by atoms with van der Waals surface area (Å²) in [5.74, 6) is 0.669. The summed E-state index contributed by atoms with van der Waals surface area (Å²) < 4.78 is 0. The summed E-state index contributed by atoms with van der Waals surface area (Å²) in [6.45, 7) is 7.09. The second-order valence-corrected chi connectivity index (χ2v) is 8.20. The van der Waals surface area contributed by atoms with Crippen LogP contribution in [0.5, 0.6) is 0 Å². The molecule has 0 saturated carbocycles. The Kier molecular flexibility index (Phi) is 6.98. The highest BCUT2D eigenvalue weighted by atomic mass is 16.2. The fraction of sp³-hybridized carbons (Fsp3) is 0.308. The summed E-state index contributed by atoms with van der Waals surface area (Å²) in [4.78, 5) is 31.1. The number of carbonyl (C=O) groups is 2. The predicted octanol–water partition coefficient (Wildman–Crippen LogP) is 3.26. The third kappa shape index (κ3) is 5.37. The second kappa shape index (κ2) is 10.3. The lowest BCUT2D eigenvalue weighted by Crippen LogP contribution is -2.52. The molecule has 4 rings (SSSR count). The van der Waals surface area contributed by atoms with Gasteiger partial charge in [-0.3, -0.25) is 9.59 Å². The van der Waals surface area contributed by atoms with E-state index in [0.717, 1.165) is 17.1 Å². The lowest BCUT2D eigenvalue weighted by molar-refractivity contribution is -0.132. The SMILES string of the molecule is CCN(CC(=O)N1CCN(c2ccc(-c3ccc(C)cc3)nn2)CC1)C(=O)c1ccccc1. The maximum absolute atomic E-state index is 12.9. The third-order valence-corrected chi connectivity index (χ3v) is 5.97. The number of amides is 2. The van der Waals surface area contributed by atoms with Gasteiger partial charge in [0, 0.05) is 43.9 Å². The Morgan fingerprint density at radius 1 is 0.879 bits per heavy atom. The molecule has 3 aromatic rings. The Balaban J connectivity index is 1.32. The molecular formula is C26H29N5O2. The second-order valence-electron chi connectivity index (χ2n) is 8.20. The smallest absolute Gasteiger partial charge is 0.254 e. The van der Waals surface area contributed by atoms with Gasteiger partial charge in [0.05, 0.1) is 5.69 Å². The lowest BCUT2D eigenvalue weighted by Gasteiger charge is -2.36. The molecule has 7 heteroatoms. The number of piperazine rings is 1. The monoisotopic (exact) mass is 443 g/mol. The van der Waals surface area contributed by atoms with Crippen LogP contribution < -0.4 is 4.90 Å². The van der Waals surface area contributed by atoms with Crippen molar-refractivity contribution in [1.29, 1.82) is 0 Å². The summed E-state index contributed by atoms with van der Waals surface area (Å²) in [6.07, 6.45) is 0. The molecule has 1 aliphatic rings. The van der Waals surface area contributed by atoms with Crippen molar-refractivity contribution in [3.05, 3.63) is 77.9 Å². The molecule has 2 amide bonds. The molecule has 2 aromatic carbocycles. The predicted molar refractivity (Wildman–Crippen MR) is 129 cm³/mol. The van der Waals surface area contributed by atoms with Gasteiger partial charge in [-0.25, -0.2) is 0 Å². The van der Waals surface area contributed by atoms with Gasteiger partial charge in [-0.2, -0.15) is 0 Å². The number of hydrogen-bond acceptors (Lipinski definition) is 5. The highest BCUT2D eigenvalue weighted by Crippen LogP contribution is 2.20. The van der Waals surface area contributed by atoms with E-state index in [9.17, 15) is 9.59 Å². The molecule has 1 aromatic heterocycles. The quantitative estimate of drug-likeness (QED) is 0.585. The van der Waals surface area contributed by atoms with Crippen LogP contribution in [0.4, 0.5) is 5.82 Å². The molecule has 0 bridgehead atoms. The molecule has 2 heterocycles. The number of likely N-dealkylation sites (N-methyl/N-ethyl adjacent to an activating group) is 1. The van der Waals surface area contributed by atoms with Gasteiger partial charge < -0.3 is 14.7 Å². The molecule has 0 spiro atoms. The van der Waals surface area contributed by atoms with Crippen molar-refractivity contribution in [3.8, 4) is 11.3 Å². The van der Waals surface area contributed by atoms with Gasteiger partial charge in [0.25, 0.3) is 5.91 Å². The van der Waals surface area contributed by atoms with E-state index in [4.69, 9.17) is 0 Å². The van der Waals surface area contributed by atoms with Crippen LogP contribution in [0.1, 0.15) is 22.8 Å². The summed E-state index contributed by atoms with van der Waals surface area (Å²) in [7, 11) is 0. The summed E-state index contributed by atoms with van der Waals surface area (Å²) >= 11 is 0. The summed E-state index contributed by atoms with van der Waals surface area (Å²) in [5.41, 5.74) is 3.70. The van der Waals surface area contributed by atoms with Crippen molar-refractivity contribution in [2.45, 2.75) is 13.8 Å². The number of anilines is 1. The van der Waals surface area contributed by atoms with E-state index in [2.05, 4.69) is 34.2 Å². The topological polar surface area (TPSA) is 69.6 Å². The number of carbonyl (C=O) groups excluding carboxylic acids is 2. The van der Waals surface area contributed by atoms with E-state index in [1.165, 1.54) is 5.56 Å². The van der Waals surface area contributed by atoms with Crippen LogP contribution in [0.25, 0.3) is 11.3 Å². The Morgan fingerprint density at radius 2 is 1.58 bits per heavy atom. The van der Waals surface area contributed by atoms with Gasteiger partial charge in [-0.05, 0) is 38.1 Å². The zero-order chi connectivity index (χ0) is 23.2. The van der Waals surface area contributed by atoms with Gasteiger partial charge in [-0.1, -0.05) is 48.0 Å². The number of nitrogens with zero attached hydrogens (tertiary/aromatic N) is 5. The molecule has 0 aliphatic carbocycles. The van der Waals surface area contributed by atoms with E-state index < -0.39 is 0 Å². The number of hydrogen-bond donors (Lipinski definition) is 0. The Morgan fingerprint density at radius 3 is 2.18 bits per heavy atom. The maximum atomic E-state index is 12.9. The fourth-order valence-corrected chi connectivity index (χ4v) is 3.91. The first-order valence-corrected chi connectivity index (χ1v) is 11.3. The van der Waals surface area contributed by atoms with Crippen LogP contribution in [-0.2, 0) is 4.79 Å². The first kappa shape index (κ1) is 22.5. The van der Waals surface area contributed by atoms with Gasteiger partial charge in [0.15, 0.2) is 5.82 Å². The first-order valence-electron chi connectivity index (χ1n) is 11.3. The van der Waals surface area contributed by atoms with Crippen LogP contribution >= 0.6 is 0 Å². The highest BCUT2D eigenvalue weighted by Gasteiger charge is 2.25. The van der Waals surface area contributed by atoms with Gasteiger partial charge in [0.2, 0.25) is 5.91 Å². The minimum atomic E-state index is -0.117. The molecular weight excluding hydrogens is 414 g/mol. The van der Waals surface area contributed by atoms with Crippen molar-refractivity contribution in [2.24, 2.45) is 0 Å². The summed E-state index contributed by atoms with van der Waals surface area (Å²) in [5, 5.41) is 8.80. The average molecular weight is 444 g/mol. The fourth-order valence-electron chi connectivity index (χ4n) is 3.91. The lowest BCUT2D eigenvalue weighted by atomic mass is 10.1. The largest absolute Gasteiger partial charge is 0.352 e. The minimum Gasteiger partial charge on any atom is -0.352 e. The Hall–Kier alpha value is -3.74. The molecule has 0 N–H and O–H groups in total. The van der Waals surface area contributed by atoms with E-state index in [1.807, 2.05) is 54.3 Å². The number of benzene rings is 2. The first-order chi connectivity index (χ1) is 16.0. The maximum Gasteiger partial charge on any atom is 0.254 e. The van der Waals surface area contributed by atoms with Crippen LogP contribution in [0, 0.1) is 6.92 Å². The van der Waals surface area contributed by atoms with Crippen LogP contribution in [0.2, 0.25) is 0 Å². The van der Waals surface area contributed by atoms with Crippen LogP contribution in [-0.4, -0.2) is 71.1 Å². The molecule has 1 aliphatic heterocycles. The van der Waals surface area contributed by atoms with Gasteiger partial charge in [-0.15, -0.1) is 10.2 Å². The molecule has 1 fully saturated rings.